The molecule has 23 heavy (non-hydrogen) atoms. The smallest absolute Gasteiger partial charge is 0.253 e. The van der Waals surface area contributed by atoms with Gasteiger partial charge >= 0.3 is 0 Å². The maximum atomic E-state index is 11.8. The van der Waals surface area contributed by atoms with Gasteiger partial charge in [0.1, 0.15) is 17.2 Å². The normalized spacial score (nSPS) is 18.4. The number of primary amides is 1. The molecule has 2 aromatic heterocycles. The van der Waals surface area contributed by atoms with Crippen LogP contribution in [0, 0.1) is 5.92 Å². The number of pyridine rings is 1. The quantitative estimate of drug-likeness (QED) is 0.721. The van der Waals surface area contributed by atoms with E-state index in [9.17, 15) is 9.90 Å². The fraction of sp³-hybridized carbons (Fsp3) is 0.200. The number of hydrogen-bond donors (Lipinski definition) is 3. The number of nitrogens with zero attached hydrogens (tertiary/aromatic N) is 2. The van der Waals surface area contributed by atoms with Gasteiger partial charge < -0.3 is 16.6 Å². The van der Waals surface area contributed by atoms with Gasteiger partial charge in [0.2, 0.25) is 0 Å². The monoisotopic (exact) mass is 396 g/mol. The molecule has 2 heterocycles. The number of allylic oxidation sites excluding steroid dienone is 3. The number of carbonyl (C=O) groups is 1. The van der Waals surface area contributed by atoms with Gasteiger partial charge in [-0.1, -0.05) is 18.5 Å². The van der Waals surface area contributed by atoms with E-state index in [2.05, 4.69) is 20.9 Å². The summed E-state index contributed by atoms with van der Waals surface area (Å²) in [5, 5.41) is 10.9. The molecule has 0 unspecified atom stereocenters. The SMILES string of the molecule is C[C@@H]1CC=C(O)C(Br)=C1n1c(N)c(C(N)=O)c2cc(Cl)cnc21. The predicted molar refractivity (Wildman–Crippen MR) is 94.3 cm³/mol. The molecule has 1 aliphatic rings. The second-order valence-corrected chi connectivity index (χ2v) is 6.64. The van der Waals surface area contributed by atoms with E-state index in [0.717, 1.165) is 5.70 Å². The molecule has 0 saturated carbocycles. The molecule has 0 aliphatic heterocycles. The number of aliphatic hydroxyl groups is 1. The van der Waals surface area contributed by atoms with Gasteiger partial charge in [0, 0.05) is 23.2 Å². The Bertz CT molecular complexity index is 901. The van der Waals surface area contributed by atoms with Crippen LogP contribution in [-0.4, -0.2) is 20.6 Å². The van der Waals surface area contributed by atoms with Crippen molar-refractivity contribution >= 4 is 56.0 Å². The van der Waals surface area contributed by atoms with Crippen LogP contribution in [0.4, 0.5) is 5.82 Å². The molecule has 2 aromatic rings. The first-order valence-corrected chi connectivity index (χ1v) is 8.04. The van der Waals surface area contributed by atoms with Crippen molar-refractivity contribution in [2.24, 2.45) is 11.7 Å². The van der Waals surface area contributed by atoms with E-state index in [0.29, 0.717) is 27.0 Å². The first-order valence-electron chi connectivity index (χ1n) is 6.87. The number of amides is 1. The first-order chi connectivity index (χ1) is 10.8. The van der Waals surface area contributed by atoms with Gasteiger partial charge in [0.25, 0.3) is 5.91 Å². The number of anilines is 1. The Kier molecular flexibility index (Phi) is 3.85. The second-order valence-electron chi connectivity index (χ2n) is 5.41. The van der Waals surface area contributed by atoms with Crippen molar-refractivity contribution in [3.8, 4) is 0 Å². The van der Waals surface area contributed by atoms with Crippen LogP contribution in [0.1, 0.15) is 23.7 Å². The summed E-state index contributed by atoms with van der Waals surface area (Å²) in [5.41, 5.74) is 13.0. The van der Waals surface area contributed by atoms with Gasteiger partial charge in [-0.15, -0.1) is 0 Å². The van der Waals surface area contributed by atoms with E-state index in [1.165, 1.54) is 6.20 Å². The molecule has 0 aromatic carbocycles. The van der Waals surface area contributed by atoms with Crippen LogP contribution >= 0.6 is 27.5 Å². The molecule has 0 spiro atoms. The summed E-state index contributed by atoms with van der Waals surface area (Å²) >= 11 is 9.38. The third-order valence-corrected chi connectivity index (χ3v) is 4.90. The average Bonchev–Trinajstić information content (AvgIpc) is 2.75. The predicted octanol–water partition coefficient (Wildman–Crippen LogP) is 3.42. The van der Waals surface area contributed by atoms with Crippen LogP contribution in [-0.2, 0) is 0 Å². The fourth-order valence-electron chi connectivity index (χ4n) is 2.82. The van der Waals surface area contributed by atoms with Crippen LogP contribution < -0.4 is 11.5 Å². The Morgan fingerprint density at radius 2 is 2.26 bits per heavy atom. The molecular formula is C15H14BrClN4O2. The van der Waals surface area contributed by atoms with Crippen molar-refractivity contribution < 1.29 is 9.90 Å². The van der Waals surface area contributed by atoms with Crippen molar-refractivity contribution in [1.29, 1.82) is 0 Å². The summed E-state index contributed by atoms with van der Waals surface area (Å²) in [5.74, 6) is -0.309. The van der Waals surface area contributed by atoms with Gasteiger partial charge in [0.05, 0.1) is 15.1 Å². The molecule has 0 radical (unpaired) electrons. The molecule has 6 nitrogen and oxygen atoms in total. The Morgan fingerprint density at radius 3 is 2.91 bits per heavy atom. The lowest BCUT2D eigenvalue weighted by molar-refractivity contribution is 0.100. The van der Waals surface area contributed by atoms with Gasteiger partial charge in [-0.25, -0.2) is 4.98 Å². The van der Waals surface area contributed by atoms with Crippen LogP contribution in [0.25, 0.3) is 16.7 Å². The fourth-order valence-corrected chi connectivity index (χ4v) is 3.70. The molecule has 120 valence electrons. The number of nitrogen functional groups attached to an aromatic ring is 1. The topological polar surface area (TPSA) is 107 Å². The van der Waals surface area contributed by atoms with Gasteiger partial charge in [-0.05, 0) is 34.5 Å². The molecule has 5 N–H and O–H groups in total. The molecule has 1 atom stereocenters. The Balaban J connectivity index is 2.43. The molecule has 1 aliphatic carbocycles. The second kappa shape index (κ2) is 5.58. The highest BCUT2D eigenvalue weighted by Crippen LogP contribution is 2.41. The average molecular weight is 398 g/mol. The molecule has 0 saturated heterocycles. The summed E-state index contributed by atoms with van der Waals surface area (Å²) < 4.78 is 2.15. The number of halogens is 2. The van der Waals surface area contributed by atoms with Crippen LogP contribution in [0.2, 0.25) is 5.02 Å². The van der Waals surface area contributed by atoms with E-state index >= 15 is 0 Å². The first kappa shape index (κ1) is 15.9. The third-order valence-electron chi connectivity index (χ3n) is 3.88. The molecule has 3 rings (SSSR count). The van der Waals surface area contributed by atoms with E-state index in [1.807, 2.05) is 6.92 Å². The number of aromatic nitrogens is 2. The highest BCUT2D eigenvalue weighted by molar-refractivity contribution is 9.12. The van der Waals surface area contributed by atoms with E-state index in [-0.39, 0.29) is 23.1 Å². The van der Waals surface area contributed by atoms with E-state index in [4.69, 9.17) is 23.1 Å². The number of fused-ring (bicyclic) bond motifs is 1. The minimum absolute atomic E-state index is 0.0522. The Labute approximate surface area is 145 Å². The minimum Gasteiger partial charge on any atom is -0.507 e. The largest absolute Gasteiger partial charge is 0.507 e. The van der Waals surface area contributed by atoms with Crippen molar-refractivity contribution in [2.75, 3.05) is 5.73 Å². The van der Waals surface area contributed by atoms with Gasteiger partial charge in [0.15, 0.2) is 0 Å². The van der Waals surface area contributed by atoms with Crippen molar-refractivity contribution in [3.63, 3.8) is 0 Å². The zero-order valence-electron chi connectivity index (χ0n) is 12.2. The van der Waals surface area contributed by atoms with Crippen molar-refractivity contribution in [2.45, 2.75) is 13.3 Å². The Hall–Kier alpha value is -1.99. The number of rotatable bonds is 2. The molecule has 0 fully saturated rings. The minimum atomic E-state index is -0.657. The summed E-state index contributed by atoms with van der Waals surface area (Å²) in [7, 11) is 0. The molecule has 0 bridgehead atoms. The number of nitrogens with two attached hydrogens (primary N) is 2. The highest BCUT2D eigenvalue weighted by atomic mass is 79.9. The van der Waals surface area contributed by atoms with E-state index in [1.54, 1.807) is 16.7 Å². The van der Waals surface area contributed by atoms with Gasteiger partial charge in [-0.3, -0.25) is 9.36 Å². The summed E-state index contributed by atoms with van der Waals surface area (Å²) in [6.45, 7) is 1.99. The van der Waals surface area contributed by atoms with E-state index < -0.39 is 5.91 Å². The lowest BCUT2D eigenvalue weighted by Crippen LogP contribution is -2.17. The lowest BCUT2D eigenvalue weighted by atomic mass is 9.98. The zero-order valence-corrected chi connectivity index (χ0v) is 14.5. The third kappa shape index (κ3) is 2.40. The lowest BCUT2D eigenvalue weighted by Gasteiger charge is -2.23. The van der Waals surface area contributed by atoms with Crippen LogP contribution in [0.5, 0.6) is 0 Å². The van der Waals surface area contributed by atoms with Crippen molar-refractivity contribution in [3.05, 3.63) is 39.2 Å². The number of carbonyl (C=O) groups excluding carboxylic acids is 1. The maximum Gasteiger partial charge on any atom is 0.253 e. The summed E-state index contributed by atoms with van der Waals surface area (Å²) in [6.07, 6.45) is 3.83. The van der Waals surface area contributed by atoms with Crippen molar-refractivity contribution in [1.82, 2.24) is 9.55 Å². The van der Waals surface area contributed by atoms with Gasteiger partial charge in [-0.2, -0.15) is 0 Å². The highest BCUT2D eigenvalue weighted by Gasteiger charge is 2.28. The number of hydrogen-bond acceptors (Lipinski definition) is 4. The van der Waals surface area contributed by atoms with Crippen LogP contribution in [0.3, 0.4) is 0 Å². The summed E-state index contributed by atoms with van der Waals surface area (Å²) in [6, 6.07) is 1.61. The Morgan fingerprint density at radius 1 is 1.57 bits per heavy atom. The summed E-state index contributed by atoms with van der Waals surface area (Å²) in [4.78, 5) is 16.1. The standard InChI is InChI=1S/C15H14BrClN4O2/c1-6-2-3-9(22)11(16)12(6)21-13(18)10(14(19)23)8-4-7(17)5-20-15(8)21/h3-6,22H,2,18H2,1H3,(H2,19,23)/t6-/m1/s1. The molecular weight excluding hydrogens is 384 g/mol. The zero-order chi connectivity index (χ0) is 16.9. The molecule has 1 amide bonds. The molecule has 8 heteroatoms. The van der Waals surface area contributed by atoms with Crippen LogP contribution in [0.15, 0.2) is 28.6 Å². The number of aliphatic hydroxyl groups excluding tert-OH is 1. The maximum absolute atomic E-state index is 11.8.